The Labute approximate surface area is 178 Å². The van der Waals surface area contributed by atoms with Crippen molar-refractivity contribution in [3.8, 4) is 5.75 Å². The molecule has 0 unspecified atom stereocenters. The van der Waals surface area contributed by atoms with Gasteiger partial charge in [-0.2, -0.15) is 0 Å². The van der Waals surface area contributed by atoms with E-state index in [1.165, 1.54) is 11.1 Å². The minimum Gasteiger partial charge on any atom is -0.492 e. The van der Waals surface area contributed by atoms with Crippen molar-refractivity contribution in [1.29, 1.82) is 0 Å². The highest BCUT2D eigenvalue weighted by molar-refractivity contribution is 5.79. The van der Waals surface area contributed by atoms with Gasteiger partial charge in [-0.25, -0.2) is 0 Å². The quantitative estimate of drug-likeness (QED) is 0.334. The van der Waals surface area contributed by atoms with E-state index in [-0.39, 0.29) is 0 Å². The third-order valence-electron chi connectivity index (χ3n) is 4.79. The van der Waals surface area contributed by atoms with E-state index in [1.54, 1.807) is 0 Å². The molecule has 7 nitrogen and oxygen atoms in total. The Kier molecular flexibility index (Phi) is 7.65. The van der Waals surface area contributed by atoms with E-state index in [9.17, 15) is 0 Å². The zero-order chi connectivity index (χ0) is 21.3. The molecule has 0 aliphatic heterocycles. The zero-order valence-corrected chi connectivity index (χ0v) is 18.4. The van der Waals surface area contributed by atoms with Crippen molar-refractivity contribution in [2.75, 3.05) is 33.3 Å². The van der Waals surface area contributed by atoms with E-state index in [2.05, 4.69) is 59.4 Å². The van der Waals surface area contributed by atoms with Crippen LogP contribution in [-0.2, 0) is 6.42 Å². The van der Waals surface area contributed by atoms with Gasteiger partial charge >= 0.3 is 0 Å². The van der Waals surface area contributed by atoms with Crippen molar-refractivity contribution in [2.24, 2.45) is 4.99 Å². The Balaban J connectivity index is 1.49. The number of nitrogens with zero attached hydrogens (tertiary/aromatic N) is 5. The van der Waals surface area contributed by atoms with E-state index in [1.807, 2.05) is 35.8 Å². The maximum atomic E-state index is 5.94. The summed E-state index contributed by atoms with van der Waals surface area (Å²) in [6.07, 6.45) is 3.76. The molecule has 2 aromatic heterocycles. The van der Waals surface area contributed by atoms with Gasteiger partial charge in [-0.15, -0.1) is 10.2 Å². The van der Waals surface area contributed by atoms with Gasteiger partial charge < -0.3 is 15.0 Å². The topological polar surface area (TPSA) is 67.0 Å². The smallest absolute Gasteiger partial charge is 0.193 e. The van der Waals surface area contributed by atoms with Crippen LogP contribution in [0.4, 0.5) is 0 Å². The summed E-state index contributed by atoms with van der Waals surface area (Å²) in [5, 5.41) is 11.8. The Morgan fingerprint density at radius 1 is 1.17 bits per heavy atom. The molecule has 160 valence electrons. The number of ether oxygens (including phenoxy) is 1. The number of aliphatic imine (C=N–C) groups is 1. The Morgan fingerprint density at radius 2 is 1.97 bits per heavy atom. The highest BCUT2D eigenvalue weighted by Gasteiger charge is 2.07. The number of nitrogens with one attached hydrogen (secondary N) is 1. The number of guanidine groups is 1. The molecule has 0 saturated heterocycles. The number of benzene rings is 1. The van der Waals surface area contributed by atoms with Gasteiger partial charge in [0, 0.05) is 32.8 Å². The Morgan fingerprint density at radius 3 is 2.73 bits per heavy atom. The predicted molar refractivity (Wildman–Crippen MR) is 121 cm³/mol. The first-order chi connectivity index (χ1) is 14.6. The largest absolute Gasteiger partial charge is 0.492 e. The summed E-state index contributed by atoms with van der Waals surface area (Å²) in [4.78, 5) is 6.87. The molecule has 0 amide bonds. The SMILES string of the molecule is CCNC(=NCCCc1nnc2ccccn12)N(C)CCOc1cc(C)cc(C)c1. The number of hydrogen-bond donors (Lipinski definition) is 1. The van der Waals surface area contributed by atoms with Gasteiger partial charge in [0.25, 0.3) is 0 Å². The summed E-state index contributed by atoms with van der Waals surface area (Å²) in [6, 6.07) is 12.2. The molecule has 2 heterocycles. The summed E-state index contributed by atoms with van der Waals surface area (Å²) in [5.41, 5.74) is 3.32. The third kappa shape index (κ3) is 5.95. The highest BCUT2D eigenvalue weighted by atomic mass is 16.5. The molecule has 0 spiro atoms. The molecular weight excluding hydrogens is 376 g/mol. The average molecular weight is 409 g/mol. The monoisotopic (exact) mass is 408 g/mol. The van der Waals surface area contributed by atoms with Crippen molar-refractivity contribution in [1.82, 2.24) is 24.8 Å². The summed E-state index contributed by atoms with van der Waals surface area (Å²) < 4.78 is 7.97. The summed E-state index contributed by atoms with van der Waals surface area (Å²) in [6.45, 7) is 9.18. The maximum Gasteiger partial charge on any atom is 0.193 e. The fourth-order valence-corrected chi connectivity index (χ4v) is 3.38. The fourth-order valence-electron chi connectivity index (χ4n) is 3.38. The van der Waals surface area contributed by atoms with Crippen molar-refractivity contribution in [3.05, 3.63) is 59.5 Å². The summed E-state index contributed by atoms with van der Waals surface area (Å²) in [7, 11) is 2.04. The van der Waals surface area contributed by atoms with Crippen LogP contribution >= 0.6 is 0 Å². The van der Waals surface area contributed by atoms with Crippen LogP contribution in [0, 0.1) is 13.8 Å². The van der Waals surface area contributed by atoms with Gasteiger partial charge in [-0.1, -0.05) is 12.1 Å². The molecule has 0 aliphatic rings. The number of fused-ring (bicyclic) bond motifs is 1. The fraction of sp³-hybridized carbons (Fsp3) is 0.435. The first kappa shape index (κ1) is 21.6. The predicted octanol–water partition coefficient (Wildman–Crippen LogP) is 3.26. The normalized spacial score (nSPS) is 11.7. The number of aromatic nitrogens is 3. The second kappa shape index (κ2) is 10.6. The molecule has 1 N–H and O–H groups in total. The van der Waals surface area contributed by atoms with Crippen LogP contribution in [0.5, 0.6) is 5.75 Å². The number of hydrogen-bond acceptors (Lipinski definition) is 4. The lowest BCUT2D eigenvalue weighted by molar-refractivity contribution is 0.281. The number of likely N-dealkylation sites (N-methyl/N-ethyl adjacent to an activating group) is 1. The molecule has 0 aliphatic carbocycles. The van der Waals surface area contributed by atoms with Crippen LogP contribution in [0.1, 0.15) is 30.3 Å². The van der Waals surface area contributed by atoms with Gasteiger partial charge in [-0.05, 0) is 62.6 Å². The van der Waals surface area contributed by atoms with E-state index < -0.39 is 0 Å². The van der Waals surface area contributed by atoms with E-state index in [0.29, 0.717) is 6.61 Å². The minimum atomic E-state index is 0.607. The molecule has 30 heavy (non-hydrogen) atoms. The Hall–Kier alpha value is -3.09. The van der Waals surface area contributed by atoms with Crippen molar-refractivity contribution in [2.45, 2.75) is 33.6 Å². The summed E-state index contributed by atoms with van der Waals surface area (Å²) >= 11 is 0. The number of pyridine rings is 1. The van der Waals surface area contributed by atoms with Crippen LogP contribution in [0.15, 0.2) is 47.6 Å². The molecule has 7 heteroatoms. The van der Waals surface area contributed by atoms with Crippen molar-refractivity contribution in [3.63, 3.8) is 0 Å². The number of rotatable bonds is 9. The standard InChI is InChI=1S/C23H32N6O/c1-5-24-23(28(4)13-14-30-20-16-18(2)15-19(3)17-20)25-11-8-10-22-27-26-21-9-6-7-12-29(21)22/h6-7,9,12,15-17H,5,8,10-11,13-14H2,1-4H3,(H,24,25). The van der Waals surface area contributed by atoms with Crippen LogP contribution in [0.2, 0.25) is 0 Å². The van der Waals surface area contributed by atoms with Crippen molar-refractivity contribution >= 4 is 11.6 Å². The molecular formula is C23H32N6O. The lowest BCUT2D eigenvalue weighted by Crippen LogP contribution is -2.41. The maximum absolute atomic E-state index is 5.94. The molecule has 1 aromatic carbocycles. The van der Waals surface area contributed by atoms with Gasteiger partial charge in [0.05, 0.1) is 6.54 Å². The lowest BCUT2D eigenvalue weighted by Gasteiger charge is -2.22. The summed E-state index contributed by atoms with van der Waals surface area (Å²) in [5.74, 6) is 2.79. The van der Waals surface area contributed by atoms with Crippen LogP contribution in [-0.4, -0.2) is 58.7 Å². The second-order valence-corrected chi connectivity index (χ2v) is 7.48. The molecule has 3 rings (SSSR count). The first-order valence-electron chi connectivity index (χ1n) is 10.6. The van der Waals surface area contributed by atoms with Gasteiger partial charge in [-0.3, -0.25) is 9.39 Å². The molecule has 0 radical (unpaired) electrons. The number of aryl methyl sites for hydroxylation is 3. The van der Waals surface area contributed by atoms with E-state index >= 15 is 0 Å². The third-order valence-corrected chi connectivity index (χ3v) is 4.79. The molecule has 0 fully saturated rings. The van der Waals surface area contributed by atoms with Crippen LogP contribution < -0.4 is 10.1 Å². The first-order valence-corrected chi connectivity index (χ1v) is 10.6. The van der Waals surface area contributed by atoms with Gasteiger partial charge in [0.1, 0.15) is 18.2 Å². The van der Waals surface area contributed by atoms with Crippen LogP contribution in [0.25, 0.3) is 5.65 Å². The second-order valence-electron chi connectivity index (χ2n) is 7.48. The lowest BCUT2D eigenvalue weighted by atomic mass is 10.1. The highest BCUT2D eigenvalue weighted by Crippen LogP contribution is 2.16. The van der Waals surface area contributed by atoms with Crippen LogP contribution in [0.3, 0.4) is 0 Å². The molecule has 3 aromatic rings. The molecule has 0 saturated carbocycles. The zero-order valence-electron chi connectivity index (χ0n) is 18.4. The van der Waals surface area contributed by atoms with Gasteiger partial charge in [0.2, 0.25) is 0 Å². The van der Waals surface area contributed by atoms with Crippen molar-refractivity contribution < 1.29 is 4.74 Å². The molecule has 0 atom stereocenters. The molecule has 0 bridgehead atoms. The van der Waals surface area contributed by atoms with E-state index in [4.69, 9.17) is 9.73 Å². The average Bonchev–Trinajstić information content (AvgIpc) is 3.12. The minimum absolute atomic E-state index is 0.607. The van der Waals surface area contributed by atoms with Gasteiger partial charge in [0.15, 0.2) is 11.6 Å². The Bertz CT molecular complexity index is 960. The van der Waals surface area contributed by atoms with E-state index in [0.717, 1.165) is 55.7 Å².